The van der Waals surface area contributed by atoms with Crippen LogP contribution >= 0.6 is 0 Å². The van der Waals surface area contributed by atoms with Crippen molar-refractivity contribution >= 4 is 6.03 Å². The fraction of sp³-hybridized carbons (Fsp3) is 0.769. The Balaban J connectivity index is 2.37. The molecule has 3 heteroatoms. The van der Waals surface area contributed by atoms with E-state index in [9.17, 15) is 4.79 Å². The van der Waals surface area contributed by atoms with Crippen molar-refractivity contribution in [3.8, 4) is 0 Å². The van der Waals surface area contributed by atoms with Gasteiger partial charge in [0, 0.05) is 19.3 Å². The number of nitrogens with zero attached hydrogens (tertiary/aromatic N) is 1. The van der Waals surface area contributed by atoms with Crippen molar-refractivity contribution < 1.29 is 4.79 Å². The van der Waals surface area contributed by atoms with Gasteiger partial charge in [-0.3, -0.25) is 0 Å². The third-order valence-corrected chi connectivity index (χ3v) is 2.92. The molecule has 1 rings (SSSR count). The van der Waals surface area contributed by atoms with Gasteiger partial charge in [0.05, 0.1) is 0 Å². The quantitative estimate of drug-likeness (QED) is 0.738. The molecule has 0 spiro atoms. The van der Waals surface area contributed by atoms with Crippen LogP contribution in [0.4, 0.5) is 4.79 Å². The van der Waals surface area contributed by atoms with Gasteiger partial charge in [-0.2, -0.15) is 0 Å². The summed E-state index contributed by atoms with van der Waals surface area (Å²) in [7, 11) is 0. The van der Waals surface area contributed by atoms with Gasteiger partial charge in [-0.05, 0) is 38.5 Å². The number of carbonyl (C=O) groups excluding carboxylic acids is 1. The molecule has 0 bridgehead atoms. The van der Waals surface area contributed by atoms with E-state index in [1.807, 2.05) is 11.1 Å². The van der Waals surface area contributed by atoms with Gasteiger partial charge in [0.1, 0.15) is 0 Å². The molecule has 1 saturated carbocycles. The standard InChI is InChI=1S/C13H24N2O/c1-4-8-15(9-5-2)13(16)14-10-11(3)12-6-7-12/h10,12H,4-9H2,1-3H3,(H,14,16)/b11-10+. The minimum absolute atomic E-state index is 0.0451. The molecular weight excluding hydrogens is 200 g/mol. The summed E-state index contributed by atoms with van der Waals surface area (Å²) < 4.78 is 0. The summed E-state index contributed by atoms with van der Waals surface area (Å²) in [6.07, 6.45) is 6.48. The Morgan fingerprint density at radius 2 is 1.88 bits per heavy atom. The number of hydrogen-bond acceptors (Lipinski definition) is 1. The number of rotatable bonds is 6. The second kappa shape index (κ2) is 6.56. The smallest absolute Gasteiger partial charge is 0.321 e. The molecule has 1 N–H and O–H groups in total. The molecule has 0 saturated heterocycles. The first-order valence-corrected chi connectivity index (χ1v) is 6.41. The zero-order chi connectivity index (χ0) is 12.0. The lowest BCUT2D eigenvalue weighted by Gasteiger charge is -2.20. The van der Waals surface area contributed by atoms with Crippen LogP contribution in [0.1, 0.15) is 46.5 Å². The third-order valence-electron chi connectivity index (χ3n) is 2.92. The topological polar surface area (TPSA) is 32.3 Å². The average Bonchev–Trinajstić information content (AvgIpc) is 3.09. The van der Waals surface area contributed by atoms with Crippen LogP contribution in [0.25, 0.3) is 0 Å². The molecule has 0 unspecified atom stereocenters. The molecule has 0 radical (unpaired) electrons. The van der Waals surface area contributed by atoms with Gasteiger partial charge in [-0.25, -0.2) is 4.79 Å². The minimum atomic E-state index is 0.0451. The summed E-state index contributed by atoms with van der Waals surface area (Å²) in [5, 5.41) is 2.90. The highest BCUT2D eigenvalue weighted by atomic mass is 16.2. The van der Waals surface area contributed by atoms with Crippen LogP contribution in [0.3, 0.4) is 0 Å². The highest BCUT2D eigenvalue weighted by molar-refractivity contribution is 5.75. The van der Waals surface area contributed by atoms with E-state index in [1.165, 1.54) is 18.4 Å². The van der Waals surface area contributed by atoms with Gasteiger partial charge in [0.25, 0.3) is 0 Å². The molecule has 0 aliphatic heterocycles. The van der Waals surface area contributed by atoms with Gasteiger partial charge < -0.3 is 10.2 Å². The van der Waals surface area contributed by atoms with E-state index in [0.29, 0.717) is 0 Å². The van der Waals surface area contributed by atoms with Crippen molar-refractivity contribution in [2.24, 2.45) is 5.92 Å². The van der Waals surface area contributed by atoms with Crippen LogP contribution < -0.4 is 5.32 Å². The van der Waals surface area contributed by atoms with E-state index in [0.717, 1.165) is 31.8 Å². The predicted octanol–water partition coefficient (Wildman–Crippen LogP) is 3.13. The number of hydrogen-bond donors (Lipinski definition) is 1. The molecule has 0 aromatic rings. The summed E-state index contributed by atoms with van der Waals surface area (Å²) in [6.45, 7) is 7.98. The van der Waals surface area contributed by atoms with E-state index in [2.05, 4.69) is 26.1 Å². The van der Waals surface area contributed by atoms with Crippen molar-refractivity contribution in [2.75, 3.05) is 13.1 Å². The lowest BCUT2D eigenvalue weighted by molar-refractivity contribution is 0.201. The molecule has 1 aliphatic carbocycles. The predicted molar refractivity (Wildman–Crippen MR) is 67.2 cm³/mol. The van der Waals surface area contributed by atoms with Gasteiger partial charge >= 0.3 is 6.03 Å². The van der Waals surface area contributed by atoms with E-state index < -0.39 is 0 Å². The van der Waals surface area contributed by atoms with Crippen LogP contribution in [-0.4, -0.2) is 24.0 Å². The maximum atomic E-state index is 11.8. The second-order valence-corrected chi connectivity index (χ2v) is 4.60. The normalized spacial score (nSPS) is 16.1. The molecular formula is C13H24N2O. The first kappa shape index (κ1) is 13.1. The largest absolute Gasteiger partial charge is 0.325 e. The van der Waals surface area contributed by atoms with Crippen molar-refractivity contribution in [3.63, 3.8) is 0 Å². The summed E-state index contributed by atoms with van der Waals surface area (Å²) >= 11 is 0. The van der Waals surface area contributed by atoms with Gasteiger partial charge in [-0.15, -0.1) is 0 Å². The average molecular weight is 224 g/mol. The third kappa shape index (κ3) is 4.25. The maximum absolute atomic E-state index is 11.8. The molecule has 0 heterocycles. The van der Waals surface area contributed by atoms with Crippen molar-refractivity contribution in [1.29, 1.82) is 0 Å². The highest BCUT2D eigenvalue weighted by Gasteiger charge is 2.23. The van der Waals surface area contributed by atoms with Crippen LogP contribution in [0.5, 0.6) is 0 Å². The van der Waals surface area contributed by atoms with Gasteiger partial charge in [-0.1, -0.05) is 19.4 Å². The molecule has 2 amide bonds. The maximum Gasteiger partial charge on any atom is 0.321 e. The minimum Gasteiger partial charge on any atom is -0.325 e. The summed E-state index contributed by atoms with van der Waals surface area (Å²) in [5.74, 6) is 0.728. The zero-order valence-electron chi connectivity index (χ0n) is 10.8. The van der Waals surface area contributed by atoms with Crippen molar-refractivity contribution in [3.05, 3.63) is 11.8 Å². The van der Waals surface area contributed by atoms with E-state index in [1.54, 1.807) is 0 Å². The van der Waals surface area contributed by atoms with Crippen molar-refractivity contribution in [1.82, 2.24) is 10.2 Å². The molecule has 0 atom stereocenters. The molecule has 0 aromatic carbocycles. The Kier molecular flexibility index (Phi) is 5.36. The molecule has 16 heavy (non-hydrogen) atoms. The lowest BCUT2D eigenvalue weighted by Crippen LogP contribution is -2.38. The van der Waals surface area contributed by atoms with Crippen molar-refractivity contribution in [2.45, 2.75) is 46.5 Å². The Morgan fingerprint density at radius 1 is 1.31 bits per heavy atom. The van der Waals surface area contributed by atoms with E-state index >= 15 is 0 Å². The molecule has 92 valence electrons. The zero-order valence-corrected chi connectivity index (χ0v) is 10.8. The van der Waals surface area contributed by atoms with Crippen LogP contribution in [0.2, 0.25) is 0 Å². The van der Waals surface area contributed by atoms with E-state index in [4.69, 9.17) is 0 Å². The van der Waals surface area contributed by atoms with Gasteiger partial charge in [0.2, 0.25) is 0 Å². The Hall–Kier alpha value is -0.990. The molecule has 0 aromatic heterocycles. The Bertz CT molecular complexity index is 251. The number of allylic oxidation sites excluding steroid dienone is 1. The van der Waals surface area contributed by atoms with Crippen LogP contribution in [-0.2, 0) is 0 Å². The molecule has 1 fully saturated rings. The number of amides is 2. The van der Waals surface area contributed by atoms with Crippen LogP contribution in [0.15, 0.2) is 11.8 Å². The lowest BCUT2D eigenvalue weighted by atomic mass is 10.2. The molecule has 3 nitrogen and oxygen atoms in total. The first-order valence-electron chi connectivity index (χ1n) is 6.41. The summed E-state index contributed by atoms with van der Waals surface area (Å²) in [4.78, 5) is 13.7. The SMILES string of the molecule is CCCN(CCC)C(=O)N/C=C(\C)C1CC1. The highest BCUT2D eigenvalue weighted by Crippen LogP contribution is 2.35. The second-order valence-electron chi connectivity index (χ2n) is 4.60. The molecule has 1 aliphatic rings. The first-order chi connectivity index (χ1) is 7.69. The monoisotopic (exact) mass is 224 g/mol. The number of nitrogens with one attached hydrogen (secondary N) is 1. The van der Waals surface area contributed by atoms with E-state index in [-0.39, 0.29) is 6.03 Å². The number of urea groups is 1. The Labute approximate surface area is 98.9 Å². The Morgan fingerprint density at radius 3 is 2.31 bits per heavy atom. The summed E-state index contributed by atoms with van der Waals surface area (Å²) in [5.41, 5.74) is 1.31. The van der Waals surface area contributed by atoms with Crippen LogP contribution in [0, 0.1) is 5.92 Å². The fourth-order valence-corrected chi connectivity index (χ4v) is 1.78. The number of carbonyl (C=O) groups is 1. The van der Waals surface area contributed by atoms with Gasteiger partial charge in [0.15, 0.2) is 0 Å². The fourth-order valence-electron chi connectivity index (χ4n) is 1.78. The summed E-state index contributed by atoms with van der Waals surface area (Å²) in [6, 6.07) is 0.0451.